The maximum Gasteiger partial charge on any atom is 0.263 e. The number of aryl methyl sites for hydroxylation is 1. The zero-order valence-electron chi connectivity index (χ0n) is 14.4. The third-order valence-electron chi connectivity index (χ3n) is 3.37. The number of aliphatic hydroxyl groups is 1. The van der Waals surface area contributed by atoms with Crippen LogP contribution in [0.25, 0.3) is 0 Å². The average Bonchev–Trinajstić information content (AvgIpc) is 2.56. The van der Waals surface area contributed by atoms with Crippen LogP contribution in [-0.4, -0.2) is 30.8 Å². The number of aliphatic hydroxyl groups excluding tert-OH is 1. The lowest BCUT2D eigenvalue weighted by atomic mass is 10.0. The van der Waals surface area contributed by atoms with Crippen LogP contribution in [0.1, 0.15) is 37.4 Å². The number of nitrogens with one attached hydrogen (secondary N) is 2. The van der Waals surface area contributed by atoms with Gasteiger partial charge in [0, 0.05) is 24.9 Å². The molecule has 1 amide bonds. The minimum Gasteiger partial charge on any atom is -0.494 e. The molecule has 1 aromatic carbocycles. The first kappa shape index (κ1) is 19.5. The van der Waals surface area contributed by atoms with Crippen molar-refractivity contribution >= 4 is 5.91 Å². The van der Waals surface area contributed by atoms with Gasteiger partial charge in [0.25, 0.3) is 5.91 Å². The molecule has 1 rings (SSSR count). The molecule has 0 fully saturated rings. The molecule has 24 heavy (non-hydrogen) atoms. The summed E-state index contributed by atoms with van der Waals surface area (Å²) in [6, 6.07) is 7.38. The monoisotopic (exact) mass is 331 g/mol. The molecule has 6 heteroatoms. The van der Waals surface area contributed by atoms with Gasteiger partial charge in [0.1, 0.15) is 17.4 Å². The molecule has 0 saturated heterocycles. The molecule has 0 aliphatic carbocycles. The highest BCUT2D eigenvalue weighted by Gasteiger charge is 2.17. The van der Waals surface area contributed by atoms with E-state index < -0.39 is 5.91 Å². The molecule has 0 aromatic heterocycles. The zero-order chi connectivity index (χ0) is 17.9. The van der Waals surface area contributed by atoms with Crippen molar-refractivity contribution in [3.05, 3.63) is 41.1 Å². The molecular weight excluding hydrogens is 306 g/mol. The van der Waals surface area contributed by atoms with Gasteiger partial charge in [-0.05, 0) is 33.3 Å². The van der Waals surface area contributed by atoms with E-state index in [4.69, 9.17) is 15.1 Å². The summed E-state index contributed by atoms with van der Waals surface area (Å²) in [7, 11) is 0. The molecule has 1 aromatic rings. The van der Waals surface area contributed by atoms with E-state index >= 15 is 0 Å². The molecule has 6 nitrogen and oxygen atoms in total. The van der Waals surface area contributed by atoms with Gasteiger partial charge in [0.05, 0.1) is 12.6 Å². The van der Waals surface area contributed by atoms with Gasteiger partial charge < -0.3 is 20.5 Å². The average molecular weight is 331 g/mol. The number of hydrogen-bond donors (Lipinski definition) is 3. The smallest absolute Gasteiger partial charge is 0.263 e. The third-order valence-corrected chi connectivity index (χ3v) is 3.37. The topological polar surface area (TPSA) is 94.4 Å². The quantitative estimate of drug-likeness (QED) is 0.365. The van der Waals surface area contributed by atoms with Crippen LogP contribution < -0.4 is 15.4 Å². The van der Waals surface area contributed by atoms with Crippen LogP contribution in [0.4, 0.5) is 0 Å². The standard InChI is InChI=1S/C18H25N3O3/c1-4-24-17-7-6-13(2)10-16(17)14(3)21-18(23)15(11-19)12-20-8-5-9-22/h6-7,10,12,14,20,22H,4-5,8-9H2,1-3H3,(H,21,23)/b15-12-. The SMILES string of the molecule is CCOc1ccc(C)cc1C(C)NC(=O)/C(C#N)=C\NCCCO. The molecular formula is C18H25N3O3. The largest absolute Gasteiger partial charge is 0.494 e. The summed E-state index contributed by atoms with van der Waals surface area (Å²) in [5.41, 5.74) is 1.93. The van der Waals surface area contributed by atoms with Crippen molar-refractivity contribution in [2.75, 3.05) is 19.8 Å². The van der Waals surface area contributed by atoms with Crippen molar-refractivity contribution in [3.63, 3.8) is 0 Å². The van der Waals surface area contributed by atoms with Crippen LogP contribution >= 0.6 is 0 Å². The number of nitriles is 1. The van der Waals surface area contributed by atoms with E-state index in [1.54, 1.807) is 0 Å². The molecule has 0 heterocycles. The van der Waals surface area contributed by atoms with Crippen molar-refractivity contribution in [3.8, 4) is 11.8 Å². The molecule has 130 valence electrons. The highest BCUT2D eigenvalue weighted by atomic mass is 16.5. The van der Waals surface area contributed by atoms with Crippen LogP contribution in [-0.2, 0) is 4.79 Å². The third kappa shape index (κ3) is 5.94. The number of nitrogens with zero attached hydrogens (tertiary/aromatic N) is 1. The minimum absolute atomic E-state index is 0.00889. The Hall–Kier alpha value is -2.52. The first-order chi connectivity index (χ1) is 11.5. The highest BCUT2D eigenvalue weighted by molar-refractivity contribution is 5.97. The van der Waals surface area contributed by atoms with Crippen molar-refractivity contribution < 1.29 is 14.6 Å². The summed E-state index contributed by atoms with van der Waals surface area (Å²) in [5, 5.41) is 23.5. The molecule has 0 bridgehead atoms. The Bertz CT molecular complexity index is 620. The molecule has 1 atom stereocenters. The van der Waals surface area contributed by atoms with Gasteiger partial charge in [-0.3, -0.25) is 4.79 Å². The Balaban J connectivity index is 2.82. The number of amides is 1. The lowest BCUT2D eigenvalue weighted by molar-refractivity contribution is -0.117. The van der Waals surface area contributed by atoms with Gasteiger partial charge in [-0.1, -0.05) is 17.7 Å². The number of carbonyl (C=O) groups excluding carboxylic acids is 1. The highest BCUT2D eigenvalue weighted by Crippen LogP contribution is 2.26. The summed E-state index contributed by atoms with van der Waals surface area (Å²) in [5.74, 6) is 0.268. The van der Waals surface area contributed by atoms with Gasteiger partial charge in [0.15, 0.2) is 0 Å². The molecule has 0 saturated carbocycles. The minimum atomic E-state index is -0.453. The lowest BCUT2D eigenvalue weighted by Crippen LogP contribution is -2.29. The van der Waals surface area contributed by atoms with Crippen LogP contribution in [0.5, 0.6) is 5.75 Å². The second-order valence-electron chi connectivity index (χ2n) is 5.37. The number of hydrogen-bond acceptors (Lipinski definition) is 5. The Morgan fingerprint density at radius 1 is 1.50 bits per heavy atom. The molecule has 0 radical (unpaired) electrons. The maximum absolute atomic E-state index is 12.2. The first-order valence-electron chi connectivity index (χ1n) is 8.02. The van der Waals surface area contributed by atoms with Crippen molar-refractivity contribution in [2.45, 2.75) is 33.2 Å². The first-order valence-corrected chi connectivity index (χ1v) is 8.02. The number of rotatable bonds is 9. The number of benzene rings is 1. The van der Waals surface area contributed by atoms with E-state index in [2.05, 4.69) is 10.6 Å². The Labute approximate surface area is 143 Å². The van der Waals surface area contributed by atoms with E-state index in [1.165, 1.54) is 6.20 Å². The van der Waals surface area contributed by atoms with Gasteiger partial charge >= 0.3 is 0 Å². The molecule has 0 aliphatic rings. The number of ether oxygens (including phenoxy) is 1. The Kier molecular flexibility index (Phi) is 8.37. The van der Waals surface area contributed by atoms with E-state index in [0.717, 1.165) is 16.9 Å². The predicted octanol–water partition coefficient (Wildman–Crippen LogP) is 1.95. The second kappa shape index (κ2) is 10.3. The van der Waals surface area contributed by atoms with Crippen LogP contribution in [0.2, 0.25) is 0 Å². The van der Waals surface area contributed by atoms with E-state index in [1.807, 2.05) is 45.0 Å². The normalized spacial score (nSPS) is 12.2. The zero-order valence-corrected chi connectivity index (χ0v) is 14.4. The van der Waals surface area contributed by atoms with E-state index in [0.29, 0.717) is 19.6 Å². The van der Waals surface area contributed by atoms with Crippen molar-refractivity contribution in [1.82, 2.24) is 10.6 Å². The van der Waals surface area contributed by atoms with Gasteiger partial charge in [-0.15, -0.1) is 0 Å². The second-order valence-corrected chi connectivity index (χ2v) is 5.37. The maximum atomic E-state index is 12.2. The molecule has 0 aliphatic heterocycles. The van der Waals surface area contributed by atoms with Gasteiger partial charge in [-0.2, -0.15) is 5.26 Å². The fraction of sp³-hybridized carbons (Fsp3) is 0.444. The van der Waals surface area contributed by atoms with Crippen LogP contribution in [0.3, 0.4) is 0 Å². The molecule has 1 unspecified atom stereocenters. The Morgan fingerprint density at radius 3 is 2.88 bits per heavy atom. The van der Waals surface area contributed by atoms with Crippen molar-refractivity contribution in [1.29, 1.82) is 5.26 Å². The lowest BCUT2D eigenvalue weighted by Gasteiger charge is -2.18. The van der Waals surface area contributed by atoms with E-state index in [9.17, 15) is 4.79 Å². The van der Waals surface area contributed by atoms with Crippen LogP contribution in [0.15, 0.2) is 30.0 Å². The fourth-order valence-electron chi connectivity index (χ4n) is 2.15. The fourth-order valence-corrected chi connectivity index (χ4v) is 2.15. The number of carbonyl (C=O) groups is 1. The molecule has 3 N–H and O–H groups in total. The van der Waals surface area contributed by atoms with Crippen molar-refractivity contribution in [2.24, 2.45) is 0 Å². The van der Waals surface area contributed by atoms with E-state index in [-0.39, 0.29) is 18.2 Å². The summed E-state index contributed by atoms with van der Waals surface area (Å²) >= 11 is 0. The van der Waals surface area contributed by atoms with Gasteiger partial charge in [-0.25, -0.2) is 0 Å². The van der Waals surface area contributed by atoms with Gasteiger partial charge in [0.2, 0.25) is 0 Å². The summed E-state index contributed by atoms with van der Waals surface area (Å²) in [4.78, 5) is 12.2. The predicted molar refractivity (Wildman–Crippen MR) is 92.3 cm³/mol. The summed E-state index contributed by atoms with van der Waals surface area (Å²) in [6.07, 6.45) is 1.92. The summed E-state index contributed by atoms with van der Waals surface area (Å²) in [6.45, 7) is 6.82. The van der Waals surface area contributed by atoms with Crippen LogP contribution in [0, 0.1) is 18.3 Å². The molecule has 0 spiro atoms. The summed E-state index contributed by atoms with van der Waals surface area (Å²) < 4.78 is 5.61. The Morgan fingerprint density at radius 2 is 2.25 bits per heavy atom.